The molecule has 3 rings (SSSR count). The third kappa shape index (κ3) is 3.49. The molecule has 0 saturated carbocycles. The van der Waals surface area contributed by atoms with Gasteiger partial charge in [0, 0.05) is 23.7 Å². The van der Waals surface area contributed by atoms with E-state index in [1.807, 2.05) is 0 Å². The number of halogens is 6. The zero-order valence-electron chi connectivity index (χ0n) is 12.6. The standard InChI is InChI=1S/C16H12Cl2F4N2O/c17-11-1-7(16(20,21)22)2-12(18)14(11)10-3-8(19)4-13-15(10)25-9(5-23)6-24-13/h1-4,9,24H,5-6,23H2. The fourth-order valence-corrected chi connectivity index (χ4v) is 3.29. The maximum absolute atomic E-state index is 14.0. The zero-order chi connectivity index (χ0) is 18.4. The van der Waals surface area contributed by atoms with Crippen molar-refractivity contribution < 1.29 is 22.3 Å². The highest BCUT2D eigenvalue weighted by atomic mass is 35.5. The lowest BCUT2D eigenvalue weighted by Crippen LogP contribution is -2.37. The second kappa shape index (κ2) is 6.55. The number of nitrogens with two attached hydrogens (primary N) is 1. The van der Waals surface area contributed by atoms with Gasteiger partial charge in [-0.3, -0.25) is 0 Å². The number of alkyl halides is 3. The van der Waals surface area contributed by atoms with Crippen LogP contribution in [0.15, 0.2) is 24.3 Å². The van der Waals surface area contributed by atoms with Gasteiger partial charge in [-0.05, 0) is 18.2 Å². The van der Waals surface area contributed by atoms with Crippen LogP contribution >= 0.6 is 23.2 Å². The van der Waals surface area contributed by atoms with E-state index in [1.165, 1.54) is 6.07 Å². The van der Waals surface area contributed by atoms with Crippen LogP contribution in [0.4, 0.5) is 23.2 Å². The SMILES string of the molecule is NCC1CNc2cc(F)cc(-c3c(Cl)cc(C(F)(F)F)cc3Cl)c2O1. The van der Waals surface area contributed by atoms with Gasteiger partial charge in [-0.15, -0.1) is 0 Å². The van der Waals surface area contributed by atoms with Crippen molar-refractivity contribution in [2.75, 3.05) is 18.4 Å². The number of ether oxygens (including phenoxy) is 1. The van der Waals surface area contributed by atoms with Crippen LogP contribution in [0.2, 0.25) is 10.0 Å². The number of hydrogen-bond acceptors (Lipinski definition) is 3. The van der Waals surface area contributed by atoms with Gasteiger partial charge in [-0.25, -0.2) is 4.39 Å². The Kier molecular flexibility index (Phi) is 4.74. The summed E-state index contributed by atoms with van der Waals surface area (Å²) >= 11 is 12.1. The summed E-state index contributed by atoms with van der Waals surface area (Å²) in [6, 6.07) is 3.82. The Balaban J connectivity index is 2.19. The quantitative estimate of drug-likeness (QED) is 0.708. The molecule has 0 bridgehead atoms. The van der Waals surface area contributed by atoms with Gasteiger partial charge in [0.2, 0.25) is 0 Å². The van der Waals surface area contributed by atoms with E-state index in [2.05, 4.69) is 5.32 Å². The van der Waals surface area contributed by atoms with Crippen LogP contribution in [0.5, 0.6) is 5.75 Å². The predicted octanol–water partition coefficient (Wildman–Crippen LogP) is 4.95. The molecule has 0 amide bonds. The van der Waals surface area contributed by atoms with Gasteiger partial charge in [-0.1, -0.05) is 23.2 Å². The van der Waals surface area contributed by atoms with Crippen LogP contribution in [0.3, 0.4) is 0 Å². The summed E-state index contributed by atoms with van der Waals surface area (Å²) in [7, 11) is 0. The van der Waals surface area contributed by atoms with Crippen molar-refractivity contribution in [2.24, 2.45) is 5.73 Å². The monoisotopic (exact) mass is 394 g/mol. The lowest BCUT2D eigenvalue weighted by atomic mass is 10.00. The number of rotatable bonds is 2. The van der Waals surface area contributed by atoms with Crippen LogP contribution in [0.1, 0.15) is 5.56 Å². The largest absolute Gasteiger partial charge is 0.484 e. The highest BCUT2D eigenvalue weighted by Gasteiger charge is 2.33. The number of anilines is 1. The third-order valence-corrected chi connectivity index (χ3v) is 4.36. The second-order valence-electron chi connectivity index (χ2n) is 5.50. The molecule has 0 aliphatic carbocycles. The molecule has 1 aliphatic heterocycles. The average molecular weight is 395 g/mol. The summed E-state index contributed by atoms with van der Waals surface area (Å²) < 4.78 is 58.4. The van der Waals surface area contributed by atoms with E-state index < -0.39 is 17.6 Å². The maximum Gasteiger partial charge on any atom is 0.416 e. The molecular formula is C16H12Cl2F4N2O. The van der Waals surface area contributed by atoms with E-state index in [0.29, 0.717) is 12.2 Å². The summed E-state index contributed by atoms with van der Waals surface area (Å²) in [6.07, 6.45) is -4.97. The second-order valence-corrected chi connectivity index (χ2v) is 6.31. The molecule has 0 saturated heterocycles. The highest BCUT2D eigenvalue weighted by Crippen LogP contribution is 2.47. The van der Waals surface area contributed by atoms with Crippen LogP contribution in [-0.2, 0) is 6.18 Å². The zero-order valence-corrected chi connectivity index (χ0v) is 14.1. The van der Waals surface area contributed by atoms with Gasteiger partial charge >= 0.3 is 6.18 Å². The molecule has 0 radical (unpaired) electrons. The molecule has 9 heteroatoms. The van der Waals surface area contributed by atoms with Gasteiger partial charge in [-0.2, -0.15) is 13.2 Å². The van der Waals surface area contributed by atoms with Crippen molar-refractivity contribution >= 4 is 28.9 Å². The van der Waals surface area contributed by atoms with Crippen molar-refractivity contribution in [1.29, 1.82) is 0 Å². The fraction of sp³-hybridized carbons (Fsp3) is 0.250. The molecule has 1 heterocycles. The summed E-state index contributed by atoms with van der Waals surface area (Å²) in [5.41, 5.74) is 5.17. The first kappa shape index (κ1) is 18.1. The normalized spacial score (nSPS) is 16.8. The Morgan fingerprint density at radius 1 is 1.16 bits per heavy atom. The van der Waals surface area contributed by atoms with Crippen LogP contribution in [-0.4, -0.2) is 19.2 Å². The topological polar surface area (TPSA) is 47.3 Å². The van der Waals surface area contributed by atoms with E-state index in [4.69, 9.17) is 33.7 Å². The van der Waals surface area contributed by atoms with Gasteiger partial charge in [0.25, 0.3) is 0 Å². The molecule has 1 atom stereocenters. The molecule has 1 aliphatic rings. The molecule has 2 aromatic carbocycles. The first-order valence-electron chi connectivity index (χ1n) is 7.21. The lowest BCUT2D eigenvalue weighted by Gasteiger charge is -2.29. The lowest BCUT2D eigenvalue weighted by molar-refractivity contribution is -0.137. The van der Waals surface area contributed by atoms with Gasteiger partial charge in [0.15, 0.2) is 5.75 Å². The Bertz CT molecular complexity index is 804. The highest BCUT2D eigenvalue weighted by molar-refractivity contribution is 6.39. The third-order valence-electron chi connectivity index (χ3n) is 3.76. The van der Waals surface area contributed by atoms with Gasteiger partial charge in [0.05, 0.1) is 27.8 Å². The summed E-state index contributed by atoms with van der Waals surface area (Å²) in [6.45, 7) is 0.582. The smallest absolute Gasteiger partial charge is 0.416 e. The Morgan fingerprint density at radius 3 is 2.36 bits per heavy atom. The average Bonchev–Trinajstić information content (AvgIpc) is 2.52. The van der Waals surface area contributed by atoms with Crippen LogP contribution in [0.25, 0.3) is 11.1 Å². The molecule has 3 nitrogen and oxygen atoms in total. The number of nitrogens with one attached hydrogen (secondary N) is 1. The van der Waals surface area contributed by atoms with Crippen LogP contribution < -0.4 is 15.8 Å². The Labute approximate surface area is 150 Å². The molecule has 2 aromatic rings. The number of hydrogen-bond donors (Lipinski definition) is 2. The number of fused-ring (bicyclic) bond motifs is 1. The van der Waals surface area contributed by atoms with E-state index in [0.717, 1.165) is 18.2 Å². The Morgan fingerprint density at radius 2 is 1.80 bits per heavy atom. The maximum atomic E-state index is 14.0. The molecule has 0 aromatic heterocycles. The van der Waals surface area contributed by atoms with Crippen molar-refractivity contribution in [1.82, 2.24) is 0 Å². The van der Waals surface area contributed by atoms with Crippen molar-refractivity contribution in [2.45, 2.75) is 12.3 Å². The molecule has 0 fully saturated rings. The molecule has 25 heavy (non-hydrogen) atoms. The van der Waals surface area contributed by atoms with E-state index in [9.17, 15) is 17.6 Å². The van der Waals surface area contributed by atoms with E-state index in [1.54, 1.807) is 0 Å². The van der Waals surface area contributed by atoms with E-state index >= 15 is 0 Å². The first-order chi connectivity index (χ1) is 11.7. The van der Waals surface area contributed by atoms with Crippen molar-refractivity contribution in [3.05, 3.63) is 45.7 Å². The molecular weight excluding hydrogens is 383 g/mol. The molecule has 3 N–H and O–H groups in total. The minimum Gasteiger partial charge on any atom is -0.484 e. The summed E-state index contributed by atoms with van der Waals surface area (Å²) in [4.78, 5) is 0. The predicted molar refractivity (Wildman–Crippen MR) is 88.8 cm³/mol. The summed E-state index contributed by atoms with van der Waals surface area (Å²) in [5, 5.41) is 2.46. The van der Waals surface area contributed by atoms with Gasteiger partial charge < -0.3 is 15.8 Å². The molecule has 0 spiro atoms. The fourth-order valence-electron chi connectivity index (χ4n) is 2.60. The minimum atomic E-state index is -4.60. The minimum absolute atomic E-state index is 0.0616. The van der Waals surface area contributed by atoms with Crippen molar-refractivity contribution in [3.8, 4) is 16.9 Å². The molecule has 1 unspecified atom stereocenters. The van der Waals surface area contributed by atoms with E-state index in [-0.39, 0.29) is 39.6 Å². The molecule has 134 valence electrons. The Hall–Kier alpha value is -1.70. The number of benzene rings is 2. The van der Waals surface area contributed by atoms with Crippen molar-refractivity contribution in [3.63, 3.8) is 0 Å². The van der Waals surface area contributed by atoms with Crippen LogP contribution in [0, 0.1) is 5.82 Å². The van der Waals surface area contributed by atoms with Gasteiger partial charge in [0.1, 0.15) is 11.9 Å². The summed E-state index contributed by atoms with van der Waals surface area (Å²) in [5.74, 6) is -0.366. The first-order valence-corrected chi connectivity index (χ1v) is 7.97.